The molecule has 6 heteroatoms. The van der Waals surface area contributed by atoms with Crippen molar-refractivity contribution >= 4 is 16.1 Å². The zero-order chi connectivity index (χ0) is 7.49. The zero-order valence-corrected chi connectivity index (χ0v) is 5.22. The number of carboxylic acids is 1. The van der Waals surface area contributed by atoms with Crippen molar-refractivity contribution in [3.05, 3.63) is 0 Å². The number of rotatable bonds is 3. The van der Waals surface area contributed by atoms with E-state index in [4.69, 9.17) is 5.11 Å². The first-order valence-corrected chi connectivity index (χ1v) is 3.65. The van der Waals surface area contributed by atoms with Crippen LogP contribution in [0.2, 0.25) is 0 Å². The predicted molar refractivity (Wildman–Crippen MR) is 26.8 cm³/mol. The third-order valence-corrected chi connectivity index (χ3v) is 1.27. The van der Waals surface area contributed by atoms with Crippen LogP contribution in [0.25, 0.3) is 0 Å². The van der Waals surface area contributed by atoms with Crippen molar-refractivity contribution in [2.45, 2.75) is 6.42 Å². The monoisotopic (exact) mass is 153 g/mol. The standard InChI is InChI=1S/C3H6O5S/c4-3(5)1-2-9(6,7)8/h1-2H2,(H,4,5)(H,6,7,8)/p-1. The van der Waals surface area contributed by atoms with Gasteiger partial charge in [-0.3, -0.25) is 4.79 Å². The van der Waals surface area contributed by atoms with Crippen molar-refractivity contribution in [2.75, 3.05) is 5.75 Å². The Morgan fingerprint density at radius 3 is 2.11 bits per heavy atom. The first kappa shape index (κ1) is 8.38. The largest absolute Gasteiger partial charge is 0.748 e. The van der Waals surface area contributed by atoms with Gasteiger partial charge in [0.25, 0.3) is 0 Å². The van der Waals surface area contributed by atoms with Gasteiger partial charge in [-0.05, 0) is 0 Å². The van der Waals surface area contributed by atoms with Crippen molar-refractivity contribution < 1.29 is 22.9 Å². The molecule has 0 saturated carbocycles. The van der Waals surface area contributed by atoms with Crippen molar-refractivity contribution in [3.8, 4) is 0 Å². The SMILES string of the molecule is O=C(O)CCS(=O)(=O)[O-]. The van der Waals surface area contributed by atoms with Crippen LogP contribution >= 0.6 is 0 Å². The fourth-order valence-corrected chi connectivity index (χ4v) is 0.637. The summed E-state index contributed by atoms with van der Waals surface area (Å²) >= 11 is 0. The van der Waals surface area contributed by atoms with Gasteiger partial charge < -0.3 is 9.66 Å². The van der Waals surface area contributed by atoms with Crippen LogP contribution in [0.5, 0.6) is 0 Å². The van der Waals surface area contributed by atoms with E-state index in [9.17, 15) is 17.8 Å². The minimum absolute atomic E-state index is 0.619. The fourth-order valence-electron chi connectivity index (χ4n) is 0.212. The molecule has 0 aromatic carbocycles. The normalized spacial score (nSPS) is 11.2. The number of carbonyl (C=O) groups is 1. The predicted octanol–water partition coefficient (Wildman–Crippen LogP) is -0.994. The maximum absolute atomic E-state index is 9.72. The molecule has 0 aromatic rings. The minimum Gasteiger partial charge on any atom is -0.748 e. The third-order valence-electron chi connectivity index (χ3n) is 0.566. The lowest BCUT2D eigenvalue weighted by atomic mass is 10.5. The molecule has 0 aliphatic carbocycles. The summed E-state index contributed by atoms with van der Waals surface area (Å²) in [6.07, 6.45) is -0.619. The molecule has 0 rings (SSSR count). The second-order valence-electron chi connectivity index (χ2n) is 1.41. The second kappa shape index (κ2) is 2.79. The van der Waals surface area contributed by atoms with E-state index in [-0.39, 0.29) is 0 Å². The maximum Gasteiger partial charge on any atom is 0.304 e. The summed E-state index contributed by atoms with van der Waals surface area (Å²) in [4.78, 5) is 9.64. The molecule has 0 radical (unpaired) electrons. The van der Waals surface area contributed by atoms with Gasteiger partial charge in [-0.15, -0.1) is 0 Å². The van der Waals surface area contributed by atoms with Crippen LogP contribution in [0.4, 0.5) is 0 Å². The highest BCUT2D eigenvalue weighted by molar-refractivity contribution is 7.85. The van der Waals surface area contributed by atoms with E-state index in [0.717, 1.165) is 0 Å². The van der Waals surface area contributed by atoms with Crippen molar-refractivity contribution in [3.63, 3.8) is 0 Å². The van der Waals surface area contributed by atoms with Gasteiger partial charge in [0.15, 0.2) is 0 Å². The Morgan fingerprint density at radius 2 is 2.00 bits per heavy atom. The summed E-state index contributed by atoms with van der Waals surface area (Å²) in [5.41, 5.74) is 0. The van der Waals surface area contributed by atoms with E-state index in [2.05, 4.69) is 0 Å². The lowest BCUT2D eigenvalue weighted by Gasteiger charge is -2.01. The number of carboxylic acid groups (broad SMARTS) is 1. The van der Waals surface area contributed by atoms with Crippen molar-refractivity contribution in [1.82, 2.24) is 0 Å². The van der Waals surface area contributed by atoms with E-state index in [0.29, 0.717) is 0 Å². The lowest BCUT2D eigenvalue weighted by molar-refractivity contribution is -0.136. The second-order valence-corrected chi connectivity index (χ2v) is 2.93. The molecule has 0 aromatic heterocycles. The van der Waals surface area contributed by atoms with E-state index in [1.807, 2.05) is 0 Å². The summed E-state index contributed by atoms with van der Waals surface area (Å²) in [5.74, 6) is -2.11. The molecule has 0 unspecified atom stereocenters. The van der Waals surface area contributed by atoms with E-state index >= 15 is 0 Å². The van der Waals surface area contributed by atoms with E-state index < -0.39 is 28.3 Å². The molecule has 0 atom stereocenters. The van der Waals surface area contributed by atoms with Gasteiger partial charge in [0, 0.05) is 5.75 Å². The number of hydrogen-bond acceptors (Lipinski definition) is 4. The van der Waals surface area contributed by atoms with Crippen LogP contribution in [-0.2, 0) is 14.9 Å². The van der Waals surface area contributed by atoms with Gasteiger partial charge in [-0.1, -0.05) is 0 Å². The Labute approximate surface area is 52.1 Å². The Morgan fingerprint density at radius 1 is 1.56 bits per heavy atom. The van der Waals surface area contributed by atoms with Crippen molar-refractivity contribution in [2.24, 2.45) is 0 Å². The summed E-state index contributed by atoms with van der Waals surface area (Å²) in [7, 11) is -4.35. The van der Waals surface area contributed by atoms with Crippen LogP contribution < -0.4 is 0 Å². The van der Waals surface area contributed by atoms with Crippen LogP contribution in [0.1, 0.15) is 6.42 Å². The summed E-state index contributed by atoms with van der Waals surface area (Å²) in [5, 5.41) is 7.87. The molecule has 0 spiro atoms. The molecule has 0 amide bonds. The molecular weight excluding hydrogens is 148 g/mol. The number of hydrogen-bond donors (Lipinski definition) is 1. The molecule has 54 valence electrons. The molecule has 0 aliphatic rings. The fraction of sp³-hybridized carbons (Fsp3) is 0.667. The molecule has 5 nitrogen and oxygen atoms in total. The molecule has 0 fully saturated rings. The lowest BCUT2D eigenvalue weighted by Crippen LogP contribution is -2.08. The minimum atomic E-state index is -4.35. The Kier molecular flexibility index (Phi) is 2.60. The highest BCUT2D eigenvalue weighted by atomic mass is 32.2. The Balaban J connectivity index is 3.67. The molecule has 0 saturated heterocycles. The first-order valence-electron chi connectivity index (χ1n) is 2.07. The summed E-state index contributed by atoms with van der Waals surface area (Å²) < 4.78 is 29.2. The van der Waals surface area contributed by atoms with Gasteiger partial charge in [-0.25, -0.2) is 8.42 Å². The van der Waals surface area contributed by atoms with E-state index in [1.165, 1.54) is 0 Å². The molecule has 0 bridgehead atoms. The quantitative estimate of drug-likeness (QED) is 0.525. The van der Waals surface area contributed by atoms with Gasteiger partial charge >= 0.3 is 5.97 Å². The molecular formula is C3H5O5S-. The molecule has 1 N–H and O–H groups in total. The van der Waals surface area contributed by atoms with Crippen LogP contribution in [0.3, 0.4) is 0 Å². The molecule has 9 heavy (non-hydrogen) atoms. The average Bonchev–Trinajstić information content (AvgIpc) is 1.59. The van der Waals surface area contributed by atoms with Gasteiger partial charge in [0.2, 0.25) is 0 Å². The Hall–Kier alpha value is -0.620. The number of aliphatic carboxylic acids is 1. The average molecular weight is 153 g/mol. The van der Waals surface area contributed by atoms with Crippen molar-refractivity contribution in [1.29, 1.82) is 0 Å². The molecule has 0 aliphatic heterocycles. The maximum atomic E-state index is 9.72. The topological polar surface area (TPSA) is 94.5 Å². The highest BCUT2D eigenvalue weighted by Gasteiger charge is 1.99. The van der Waals surface area contributed by atoms with Crippen LogP contribution in [0, 0.1) is 0 Å². The van der Waals surface area contributed by atoms with E-state index in [1.54, 1.807) is 0 Å². The van der Waals surface area contributed by atoms with Gasteiger partial charge in [-0.2, -0.15) is 0 Å². The van der Waals surface area contributed by atoms with Gasteiger partial charge in [0.1, 0.15) is 0 Å². The van der Waals surface area contributed by atoms with Crippen LogP contribution in [0.15, 0.2) is 0 Å². The van der Waals surface area contributed by atoms with Gasteiger partial charge in [0.05, 0.1) is 16.5 Å². The van der Waals surface area contributed by atoms with Crippen LogP contribution in [-0.4, -0.2) is 29.8 Å². The zero-order valence-electron chi connectivity index (χ0n) is 4.40. The highest BCUT2D eigenvalue weighted by Crippen LogP contribution is 1.86. The first-order chi connectivity index (χ1) is 3.92. The summed E-state index contributed by atoms with van der Waals surface area (Å²) in [6.45, 7) is 0. The third kappa shape index (κ3) is 7.38. The molecule has 0 heterocycles. The summed E-state index contributed by atoms with van der Waals surface area (Å²) in [6, 6.07) is 0. The smallest absolute Gasteiger partial charge is 0.304 e. The Bertz CT molecular complexity index is 190.